The lowest BCUT2D eigenvalue weighted by Crippen LogP contribution is -2.50. The summed E-state index contributed by atoms with van der Waals surface area (Å²) in [6.07, 6.45) is 9.54. The Morgan fingerprint density at radius 1 is 1.40 bits per heavy atom. The van der Waals surface area contributed by atoms with E-state index in [9.17, 15) is 4.79 Å². The van der Waals surface area contributed by atoms with Crippen molar-refractivity contribution in [2.75, 3.05) is 0 Å². The fourth-order valence-electron chi connectivity index (χ4n) is 3.06. The van der Waals surface area contributed by atoms with E-state index in [0.29, 0.717) is 6.42 Å². The average Bonchev–Trinajstić information content (AvgIpc) is 3.19. The van der Waals surface area contributed by atoms with E-state index in [2.05, 4.69) is 15.4 Å². The molecule has 3 aromatic rings. The Morgan fingerprint density at radius 2 is 2.20 bits per heavy atom. The number of fused-ring (bicyclic) bond motifs is 1. The second-order valence-corrected chi connectivity index (χ2v) is 6.89. The van der Waals surface area contributed by atoms with Gasteiger partial charge in [0.15, 0.2) is 0 Å². The van der Waals surface area contributed by atoms with Crippen LogP contribution in [0.4, 0.5) is 0 Å². The number of aromatic nitrogens is 3. The molecule has 0 bridgehead atoms. The van der Waals surface area contributed by atoms with Crippen molar-refractivity contribution < 1.29 is 4.79 Å². The molecule has 1 fully saturated rings. The normalized spacial score (nSPS) is 15.2. The second-order valence-electron chi connectivity index (χ2n) is 6.45. The SMILES string of the molecule is CCC(=O)NC1(c2cnn(C)c2)CCC1.Clc1ccc2[nH]ccc2c1. The highest BCUT2D eigenvalue weighted by Crippen LogP contribution is 2.41. The first-order chi connectivity index (χ1) is 12.0. The summed E-state index contributed by atoms with van der Waals surface area (Å²) in [6, 6.07) is 7.78. The third-order valence-corrected chi connectivity index (χ3v) is 4.91. The Balaban J connectivity index is 0.000000157. The maximum atomic E-state index is 11.5. The Hall–Kier alpha value is -2.27. The smallest absolute Gasteiger partial charge is 0.220 e. The summed E-state index contributed by atoms with van der Waals surface area (Å²) in [4.78, 5) is 14.6. The summed E-state index contributed by atoms with van der Waals surface area (Å²) in [5.41, 5.74) is 2.14. The van der Waals surface area contributed by atoms with Crippen LogP contribution < -0.4 is 5.32 Å². The molecule has 1 aliphatic carbocycles. The van der Waals surface area contributed by atoms with Crippen molar-refractivity contribution in [3.05, 3.63) is 53.4 Å². The number of amides is 1. The maximum absolute atomic E-state index is 11.5. The maximum Gasteiger partial charge on any atom is 0.220 e. The highest BCUT2D eigenvalue weighted by molar-refractivity contribution is 6.31. The van der Waals surface area contributed by atoms with E-state index < -0.39 is 0 Å². The van der Waals surface area contributed by atoms with Crippen molar-refractivity contribution >= 4 is 28.4 Å². The van der Waals surface area contributed by atoms with E-state index in [1.807, 2.05) is 56.8 Å². The lowest BCUT2D eigenvalue weighted by Gasteiger charge is -2.42. The largest absolute Gasteiger partial charge is 0.361 e. The van der Waals surface area contributed by atoms with Crippen LogP contribution in [0, 0.1) is 0 Å². The highest BCUT2D eigenvalue weighted by atomic mass is 35.5. The van der Waals surface area contributed by atoms with Crippen LogP contribution >= 0.6 is 11.6 Å². The summed E-state index contributed by atoms with van der Waals surface area (Å²) in [6.45, 7) is 1.88. The van der Waals surface area contributed by atoms with Gasteiger partial charge in [-0.15, -0.1) is 0 Å². The van der Waals surface area contributed by atoms with E-state index in [0.717, 1.165) is 34.3 Å². The van der Waals surface area contributed by atoms with Gasteiger partial charge in [-0.2, -0.15) is 5.10 Å². The monoisotopic (exact) mass is 358 g/mol. The summed E-state index contributed by atoms with van der Waals surface area (Å²) < 4.78 is 1.79. The number of benzene rings is 1. The molecule has 1 aromatic carbocycles. The van der Waals surface area contributed by atoms with Gasteiger partial charge in [-0.05, 0) is 43.5 Å². The fourth-order valence-corrected chi connectivity index (χ4v) is 3.24. The Labute approximate surface area is 152 Å². The molecule has 0 radical (unpaired) electrons. The summed E-state index contributed by atoms with van der Waals surface area (Å²) in [5, 5.41) is 9.22. The predicted molar refractivity (Wildman–Crippen MR) is 100 cm³/mol. The molecular formula is C19H23ClN4O. The number of aromatic amines is 1. The number of carbonyl (C=O) groups excluding carboxylic acids is 1. The predicted octanol–water partition coefficient (Wildman–Crippen LogP) is 4.15. The molecule has 0 atom stereocenters. The van der Waals surface area contributed by atoms with Gasteiger partial charge >= 0.3 is 0 Å². The van der Waals surface area contributed by atoms with Gasteiger partial charge in [-0.25, -0.2) is 0 Å². The molecule has 1 aliphatic rings. The van der Waals surface area contributed by atoms with Crippen LogP contribution in [-0.4, -0.2) is 20.7 Å². The van der Waals surface area contributed by atoms with Gasteiger partial charge in [0.2, 0.25) is 5.91 Å². The van der Waals surface area contributed by atoms with Gasteiger partial charge in [-0.1, -0.05) is 18.5 Å². The Bertz CT molecular complexity index is 863. The van der Waals surface area contributed by atoms with Crippen LogP contribution in [0.25, 0.3) is 10.9 Å². The van der Waals surface area contributed by atoms with Crippen LogP contribution in [0.5, 0.6) is 0 Å². The molecule has 2 N–H and O–H groups in total. The number of aryl methyl sites for hydroxylation is 1. The third kappa shape index (κ3) is 3.87. The van der Waals surface area contributed by atoms with Crippen molar-refractivity contribution in [2.24, 2.45) is 7.05 Å². The zero-order valence-corrected chi connectivity index (χ0v) is 15.3. The molecule has 0 spiro atoms. The summed E-state index contributed by atoms with van der Waals surface area (Å²) >= 11 is 5.76. The average molecular weight is 359 g/mol. The summed E-state index contributed by atoms with van der Waals surface area (Å²) in [5.74, 6) is 0.124. The lowest BCUT2D eigenvalue weighted by molar-refractivity contribution is -0.124. The van der Waals surface area contributed by atoms with E-state index in [-0.39, 0.29) is 11.4 Å². The minimum absolute atomic E-state index is 0.124. The van der Waals surface area contributed by atoms with Crippen molar-refractivity contribution in [3.63, 3.8) is 0 Å². The fraction of sp³-hybridized carbons (Fsp3) is 0.368. The lowest BCUT2D eigenvalue weighted by atomic mass is 9.73. The van der Waals surface area contributed by atoms with E-state index >= 15 is 0 Å². The van der Waals surface area contributed by atoms with Gasteiger partial charge in [-0.3, -0.25) is 9.48 Å². The number of nitrogens with one attached hydrogen (secondary N) is 2. The number of nitrogens with zero attached hydrogens (tertiary/aromatic N) is 2. The van der Waals surface area contributed by atoms with Crippen LogP contribution in [-0.2, 0) is 17.4 Å². The zero-order chi connectivity index (χ0) is 17.9. The molecule has 1 amide bonds. The van der Waals surface area contributed by atoms with Gasteiger partial charge in [0, 0.05) is 47.4 Å². The van der Waals surface area contributed by atoms with Gasteiger partial charge in [0.25, 0.3) is 0 Å². The summed E-state index contributed by atoms with van der Waals surface area (Å²) in [7, 11) is 1.90. The second kappa shape index (κ2) is 7.31. The number of H-pyrrole nitrogens is 1. The molecule has 2 heterocycles. The third-order valence-electron chi connectivity index (χ3n) is 4.68. The molecule has 25 heavy (non-hydrogen) atoms. The first-order valence-corrected chi connectivity index (χ1v) is 8.93. The Kier molecular flexibility index (Phi) is 5.13. The van der Waals surface area contributed by atoms with E-state index in [1.54, 1.807) is 4.68 Å². The first kappa shape index (κ1) is 17.5. The molecule has 0 unspecified atom stereocenters. The molecule has 132 valence electrons. The highest BCUT2D eigenvalue weighted by Gasteiger charge is 2.40. The van der Waals surface area contributed by atoms with E-state index in [1.165, 1.54) is 6.42 Å². The number of rotatable bonds is 3. The number of hydrogen-bond acceptors (Lipinski definition) is 2. The minimum Gasteiger partial charge on any atom is -0.361 e. The molecule has 2 aromatic heterocycles. The van der Waals surface area contributed by atoms with Crippen LogP contribution in [0.15, 0.2) is 42.9 Å². The number of hydrogen-bond donors (Lipinski definition) is 2. The van der Waals surface area contributed by atoms with Crippen molar-refractivity contribution in [1.82, 2.24) is 20.1 Å². The first-order valence-electron chi connectivity index (χ1n) is 8.55. The number of carbonyl (C=O) groups is 1. The van der Waals surface area contributed by atoms with Crippen LogP contribution in [0.3, 0.4) is 0 Å². The molecule has 0 aliphatic heterocycles. The molecule has 4 rings (SSSR count). The van der Waals surface area contributed by atoms with E-state index in [4.69, 9.17) is 11.6 Å². The molecule has 1 saturated carbocycles. The van der Waals surface area contributed by atoms with Gasteiger partial charge < -0.3 is 10.3 Å². The standard InChI is InChI=1S/C11H17N3O.C8H6ClN/c1-3-10(15)13-11(5-4-6-11)9-7-12-14(2)8-9;9-7-1-2-8-6(5-7)3-4-10-8/h7-8H,3-6H2,1-2H3,(H,13,15);1-5,10H. The van der Waals surface area contributed by atoms with Crippen molar-refractivity contribution in [2.45, 2.75) is 38.1 Å². The number of halogens is 1. The zero-order valence-electron chi connectivity index (χ0n) is 14.6. The minimum atomic E-state index is -0.124. The van der Waals surface area contributed by atoms with Crippen LogP contribution in [0.2, 0.25) is 5.02 Å². The van der Waals surface area contributed by atoms with Crippen molar-refractivity contribution in [3.8, 4) is 0 Å². The Morgan fingerprint density at radius 3 is 2.80 bits per heavy atom. The van der Waals surface area contributed by atoms with Crippen molar-refractivity contribution in [1.29, 1.82) is 0 Å². The van der Waals surface area contributed by atoms with Crippen LogP contribution in [0.1, 0.15) is 38.2 Å². The topological polar surface area (TPSA) is 62.7 Å². The molecule has 6 heteroatoms. The quantitative estimate of drug-likeness (QED) is 0.738. The molecule has 5 nitrogen and oxygen atoms in total. The molecular weight excluding hydrogens is 336 g/mol. The van der Waals surface area contributed by atoms with Gasteiger partial charge in [0.05, 0.1) is 11.7 Å². The molecule has 0 saturated heterocycles. The van der Waals surface area contributed by atoms with Gasteiger partial charge in [0.1, 0.15) is 0 Å².